The van der Waals surface area contributed by atoms with Gasteiger partial charge in [-0.1, -0.05) is 0 Å². The number of hydrogen-bond acceptors (Lipinski definition) is 4. The molecule has 144 valence electrons. The fraction of sp³-hybridized carbons (Fsp3) is 0.650. The standard InChI is InChI=1S/C20H28N2O3.ClH/c1-24-19-12-14(6-9-18(19)25-17-4-2-3-5-17)20(23)22-11-10-15-7-8-16(13-22)21-15;/h6,9,12,15-17,21H,2-5,7-8,10-11,13H2,1H3;1H. The molecule has 3 aliphatic rings. The van der Waals surface area contributed by atoms with Gasteiger partial charge in [-0.15, -0.1) is 12.4 Å². The van der Waals surface area contributed by atoms with Crippen LogP contribution in [0.5, 0.6) is 11.5 Å². The molecule has 0 aromatic heterocycles. The average molecular weight is 381 g/mol. The van der Waals surface area contributed by atoms with Crippen molar-refractivity contribution in [2.45, 2.75) is 63.1 Å². The second kappa shape index (κ2) is 8.49. The molecule has 26 heavy (non-hydrogen) atoms. The van der Waals surface area contributed by atoms with Gasteiger partial charge >= 0.3 is 0 Å². The van der Waals surface area contributed by atoms with Gasteiger partial charge < -0.3 is 19.7 Å². The lowest BCUT2D eigenvalue weighted by molar-refractivity contribution is 0.0747. The van der Waals surface area contributed by atoms with Crippen LogP contribution in [-0.4, -0.2) is 49.2 Å². The SMILES string of the molecule is COc1cc(C(=O)N2CCC3CCC(C2)N3)ccc1OC1CCCC1.Cl. The Hall–Kier alpha value is -1.46. The van der Waals surface area contributed by atoms with Crippen molar-refractivity contribution in [3.05, 3.63) is 23.8 Å². The molecule has 6 heteroatoms. The highest BCUT2D eigenvalue weighted by atomic mass is 35.5. The summed E-state index contributed by atoms with van der Waals surface area (Å²) in [5.74, 6) is 1.51. The summed E-state index contributed by atoms with van der Waals surface area (Å²) in [5, 5.41) is 3.62. The van der Waals surface area contributed by atoms with E-state index >= 15 is 0 Å². The van der Waals surface area contributed by atoms with Gasteiger partial charge in [-0.05, 0) is 63.1 Å². The van der Waals surface area contributed by atoms with E-state index in [4.69, 9.17) is 9.47 Å². The van der Waals surface area contributed by atoms with Crippen molar-refractivity contribution in [2.24, 2.45) is 0 Å². The van der Waals surface area contributed by atoms with Crippen molar-refractivity contribution in [3.63, 3.8) is 0 Å². The van der Waals surface area contributed by atoms with Crippen molar-refractivity contribution in [3.8, 4) is 11.5 Å². The zero-order chi connectivity index (χ0) is 17.2. The summed E-state index contributed by atoms with van der Waals surface area (Å²) in [4.78, 5) is 14.9. The monoisotopic (exact) mass is 380 g/mol. The summed E-state index contributed by atoms with van der Waals surface area (Å²) in [6.07, 6.45) is 8.41. The van der Waals surface area contributed by atoms with E-state index in [0.29, 0.717) is 23.4 Å². The molecule has 0 radical (unpaired) electrons. The van der Waals surface area contributed by atoms with Gasteiger partial charge in [0.05, 0.1) is 13.2 Å². The molecule has 1 aliphatic carbocycles. The molecule has 4 rings (SSSR count). The maximum absolute atomic E-state index is 13.0. The van der Waals surface area contributed by atoms with Crippen LogP contribution in [0.1, 0.15) is 55.3 Å². The van der Waals surface area contributed by atoms with E-state index in [2.05, 4.69) is 5.32 Å². The van der Waals surface area contributed by atoms with Gasteiger partial charge in [-0.2, -0.15) is 0 Å². The third-order valence-corrected chi connectivity index (χ3v) is 5.82. The number of halogens is 1. The number of likely N-dealkylation sites (tertiary alicyclic amines) is 1. The molecule has 5 nitrogen and oxygen atoms in total. The number of carbonyl (C=O) groups excluding carboxylic acids is 1. The fourth-order valence-electron chi connectivity index (χ4n) is 4.39. The molecule has 1 N–H and O–H groups in total. The molecule has 1 saturated carbocycles. The summed E-state index contributed by atoms with van der Waals surface area (Å²) < 4.78 is 11.6. The Balaban J connectivity index is 0.00000196. The van der Waals surface area contributed by atoms with Gasteiger partial charge in [0.2, 0.25) is 0 Å². The molecule has 2 aliphatic heterocycles. The third kappa shape index (κ3) is 4.09. The third-order valence-electron chi connectivity index (χ3n) is 5.82. The summed E-state index contributed by atoms with van der Waals surface area (Å²) >= 11 is 0. The Morgan fingerprint density at radius 2 is 1.85 bits per heavy atom. The van der Waals surface area contributed by atoms with E-state index < -0.39 is 0 Å². The van der Waals surface area contributed by atoms with E-state index in [9.17, 15) is 4.79 Å². The highest BCUT2D eigenvalue weighted by Gasteiger charge is 2.31. The number of benzene rings is 1. The van der Waals surface area contributed by atoms with Crippen LogP contribution in [0.2, 0.25) is 0 Å². The Labute approximate surface area is 161 Å². The van der Waals surface area contributed by atoms with E-state index in [1.807, 2.05) is 23.1 Å². The van der Waals surface area contributed by atoms with Crippen LogP contribution in [-0.2, 0) is 0 Å². The topological polar surface area (TPSA) is 50.8 Å². The van der Waals surface area contributed by atoms with Crippen molar-refractivity contribution in [2.75, 3.05) is 20.2 Å². The Bertz CT molecular complexity index is 633. The van der Waals surface area contributed by atoms with E-state index in [1.165, 1.54) is 25.7 Å². The largest absolute Gasteiger partial charge is 0.493 e. The minimum absolute atomic E-state index is 0. The smallest absolute Gasteiger partial charge is 0.254 e. The van der Waals surface area contributed by atoms with Crippen LogP contribution in [0.25, 0.3) is 0 Å². The zero-order valence-corrected chi connectivity index (χ0v) is 16.2. The second-order valence-corrected chi connectivity index (χ2v) is 7.57. The average Bonchev–Trinajstić information content (AvgIpc) is 3.24. The molecule has 2 atom stereocenters. The molecule has 1 aromatic carbocycles. The minimum Gasteiger partial charge on any atom is -0.493 e. The van der Waals surface area contributed by atoms with Gasteiger partial charge in [0, 0.05) is 30.7 Å². The lowest BCUT2D eigenvalue weighted by atomic mass is 10.1. The van der Waals surface area contributed by atoms with Crippen LogP contribution in [0.3, 0.4) is 0 Å². The number of carbonyl (C=O) groups is 1. The highest BCUT2D eigenvalue weighted by molar-refractivity contribution is 5.95. The maximum atomic E-state index is 13.0. The number of fused-ring (bicyclic) bond motifs is 2. The molecule has 2 saturated heterocycles. The number of ether oxygens (including phenoxy) is 2. The van der Waals surface area contributed by atoms with Crippen LogP contribution in [0.15, 0.2) is 18.2 Å². The summed E-state index contributed by atoms with van der Waals surface area (Å²) in [6, 6.07) is 6.64. The number of nitrogens with one attached hydrogen (secondary N) is 1. The maximum Gasteiger partial charge on any atom is 0.254 e. The molecular formula is C20H29ClN2O3. The molecular weight excluding hydrogens is 352 g/mol. The Kier molecular flexibility index (Phi) is 6.30. The van der Waals surface area contributed by atoms with Crippen molar-refractivity contribution < 1.29 is 14.3 Å². The first kappa shape index (κ1) is 19.3. The van der Waals surface area contributed by atoms with Crippen LogP contribution in [0, 0.1) is 0 Å². The van der Waals surface area contributed by atoms with Gasteiger partial charge in [-0.3, -0.25) is 4.79 Å². The van der Waals surface area contributed by atoms with Gasteiger partial charge in [0.15, 0.2) is 11.5 Å². The lowest BCUT2D eigenvalue weighted by Gasteiger charge is -2.25. The number of hydrogen-bond donors (Lipinski definition) is 1. The number of amides is 1. The predicted octanol–water partition coefficient (Wildman–Crippen LogP) is 3.40. The molecule has 0 spiro atoms. The fourth-order valence-corrected chi connectivity index (χ4v) is 4.39. The Morgan fingerprint density at radius 1 is 1.08 bits per heavy atom. The number of rotatable bonds is 4. The van der Waals surface area contributed by atoms with E-state index in [-0.39, 0.29) is 24.4 Å². The number of methoxy groups -OCH3 is 1. The van der Waals surface area contributed by atoms with Crippen LogP contribution >= 0.6 is 12.4 Å². The Morgan fingerprint density at radius 3 is 2.62 bits per heavy atom. The highest BCUT2D eigenvalue weighted by Crippen LogP contribution is 2.33. The van der Waals surface area contributed by atoms with E-state index in [1.54, 1.807) is 7.11 Å². The molecule has 2 bridgehead atoms. The second-order valence-electron chi connectivity index (χ2n) is 7.57. The first-order valence-electron chi connectivity index (χ1n) is 9.63. The zero-order valence-electron chi connectivity index (χ0n) is 15.4. The van der Waals surface area contributed by atoms with Crippen molar-refractivity contribution in [1.82, 2.24) is 10.2 Å². The number of nitrogens with zero attached hydrogens (tertiary/aromatic N) is 1. The van der Waals surface area contributed by atoms with Gasteiger partial charge in [0.1, 0.15) is 0 Å². The first-order chi connectivity index (χ1) is 12.2. The lowest BCUT2D eigenvalue weighted by Crippen LogP contribution is -2.39. The van der Waals surface area contributed by atoms with Crippen molar-refractivity contribution in [1.29, 1.82) is 0 Å². The summed E-state index contributed by atoms with van der Waals surface area (Å²) in [6.45, 7) is 1.63. The van der Waals surface area contributed by atoms with Crippen LogP contribution in [0.4, 0.5) is 0 Å². The van der Waals surface area contributed by atoms with Gasteiger partial charge in [-0.25, -0.2) is 0 Å². The van der Waals surface area contributed by atoms with Gasteiger partial charge in [0.25, 0.3) is 5.91 Å². The van der Waals surface area contributed by atoms with Crippen molar-refractivity contribution >= 4 is 18.3 Å². The summed E-state index contributed by atoms with van der Waals surface area (Å²) in [5.41, 5.74) is 0.688. The first-order valence-corrected chi connectivity index (χ1v) is 9.63. The quantitative estimate of drug-likeness (QED) is 0.869. The molecule has 1 amide bonds. The molecule has 1 aromatic rings. The molecule has 3 fully saturated rings. The van der Waals surface area contributed by atoms with Crippen LogP contribution < -0.4 is 14.8 Å². The minimum atomic E-state index is 0. The van der Waals surface area contributed by atoms with E-state index in [0.717, 1.165) is 38.1 Å². The summed E-state index contributed by atoms with van der Waals surface area (Å²) in [7, 11) is 1.64. The predicted molar refractivity (Wildman–Crippen MR) is 104 cm³/mol. The normalized spacial score (nSPS) is 25.5. The molecule has 2 unspecified atom stereocenters. The molecule has 2 heterocycles.